The minimum Gasteiger partial charge on any atom is -0.488 e. The number of thioether (sulfide) groups is 2. The summed E-state index contributed by atoms with van der Waals surface area (Å²) in [6.07, 6.45) is 1.75. The number of nitrogens with two attached hydrogens (primary N) is 1. The number of nitrogens with one attached hydrogen (secondary N) is 1. The molecule has 16 heteroatoms. The van der Waals surface area contributed by atoms with E-state index in [4.69, 9.17) is 10.6 Å². The van der Waals surface area contributed by atoms with E-state index in [2.05, 4.69) is 25.5 Å². The fourth-order valence-electron chi connectivity index (χ4n) is 3.06. The lowest BCUT2D eigenvalue weighted by Crippen LogP contribution is -2.69. The number of rotatable bonds is 7. The van der Waals surface area contributed by atoms with E-state index in [1.807, 2.05) is 0 Å². The van der Waals surface area contributed by atoms with E-state index in [-0.39, 0.29) is 27.8 Å². The number of carbonyl (C=O) groups excluding carboxylic acids is 2. The van der Waals surface area contributed by atoms with Gasteiger partial charge in [0.1, 0.15) is 24.2 Å². The van der Waals surface area contributed by atoms with Crippen molar-refractivity contribution in [1.82, 2.24) is 30.0 Å². The molecule has 4 rings (SSSR count). The molecule has 174 valence electrons. The van der Waals surface area contributed by atoms with Gasteiger partial charge in [0.05, 0.1) is 0 Å². The largest absolute Gasteiger partial charge is 0.488 e. The Morgan fingerprint density at radius 2 is 2.24 bits per heavy atom. The molecular weight excluding hydrogens is 492 g/mol. The van der Waals surface area contributed by atoms with Crippen LogP contribution in [0.4, 0.5) is 5.13 Å². The van der Waals surface area contributed by atoms with Crippen LogP contribution in [0.2, 0.25) is 0 Å². The molecule has 0 spiro atoms. The summed E-state index contributed by atoms with van der Waals surface area (Å²) in [6, 6.07) is -0.713. The third-order valence-electron chi connectivity index (χ3n) is 4.59. The standard InChI is InChI=1S/C17H18N8O5S3/c1-24-17(21-12(27)13(28)22-24)33-5-7-3-25-14(29)10(15(25)31-4-7)20-11(26)9(23-30-2)8-6-32-16(18)19-8/h3,6,10,15H,4-5H2,1-2H3,(H2,18,19)(H,20,26)(H,22,28)/t10?,15-/m1/s1. The Labute approximate surface area is 199 Å². The van der Waals surface area contributed by atoms with Gasteiger partial charge in [0.15, 0.2) is 16.0 Å². The number of β-lactam (4-membered cyclic amide) rings is 1. The molecule has 2 atom stereocenters. The second-order valence-electron chi connectivity index (χ2n) is 6.81. The fraction of sp³-hybridized carbons (Fsp3) is 0.353. The Balaban J connectivity index is 1.39. The maximum Gasteiger partial charge on any atom is 0.336 e. The molecule has 0 bridgehead atoms. The molecular formula is C17H18N8O5S3. The van der Waals surface area contributed by atoms with Gasteiger partial charge < -0.3 is 25.9 Å². The molecule has 1 saturated heterocycles. The zero-order valence-electron chi connectivity index (χ0n) is 17.3. The van der Waals surface area contributed by atoms with Crippen LogP contribution in [0.5, 0.6) is 5.88 Å². The molecule has 2 aromatic rings. The van der Waals surface area contributed by atoms with Gasteiger partial charge in [-0.15, -0.1) is 28.2 Å². The van der Waals surface area contributed by atoms with Crippen molar-refractivity contribution in [2.45, 2.75) is 16.6 Å². The van der Waals surface area contributed by atoms with Crippen LogP contribution in [0.1, 0.15) is 5.69 Å². The van der Waals surface area contributed by atoms with Crippen LogP contribution in [0.25, 0.3) is 0 Å². The van der Waals surface area contributed by atoms with E-state index in [1.165, 1.54) is 35.3 Å². The van der Waals surface area contributed by atoms with E-state index in [0.29, 0.717) is 16.7 Å². The van der Waals surface area contributed by atoms with Crippen molar-refractivity contribution in [1.29, 1.82) is 0 Å². The molecule has 1 unspecified atom stereocenters. The first-order valence-corrected chi connectivity index (χ1v) is 12.2. The molecule has 4 N–H and O–H groups in total. The molecule has 0 radical (unpaired) electrons. The summed E-state index contributed by atoms with van der Waals surface area (Å²) in [6.45, 7) is 0. The number of thiazole rings is 1. The molecule has 0 aliphatic carbocycles. The summed E-state index contributed by atoms with van der Waals surface area (Å²) in [5.41, 5.74) is 5.98. The Hall–Kier alpha value is -3.11. The summed E-state index contributed by atoms with van der Waals surface area (Å²) in [5, 5.41) is 21.4. The van der Waals surface area contributed by atoms with Crippen molar-refractivity contribution in [2.75, 3.05) is 24.3 Å². The first-order valence-electron chi connectivity index (χ1n) is 9.32. The van der Waals surface area contributed by atoms with Crippen LogP contribution in [-0.4, -0.2) is 77.3 Å². The average molecular weight is 511 g/mol. The molecule has 13 nitrogen and oxygen atoms in total. The number of nitrogen functional groups attached to an aromatic ring is 1. The number of anilines is 1. The minimum atomic E-state index is -0.795. The van der Waals surface area contributed by atoms with E-state index in [9.17, 15) is 19.5 Å². The van der Waals surface area contributed by atoms with Gasteiger partial charge >= 0.3 is 5.56 Å². The van der Waals surface area contributed by atoms with Gasteiger partial charge in [-0.1, -0.05) is 16.9 Å². The third-order valence-corrected chi connectivity index (χ3v) is 7.77. The van der Waals surface area contributed by atoms with E-state index in [0.717, 1.165) is 16.9 Å². The quantitative estimate of drug-likeness (QED) is 0.186. The summed E-state index contributed by atoms with van der Waals surface area (Å²) < 4.78 is 1.32. The van der Waals surface area contributed by atoms with Gasteiger partial charge in [-0.3, -0.25) is 14.4 Å². The molecule has 2 amide bonds. The topological polar surface area (TPSA) is 178 Å². The Bertz CT molecular complexity index is 1230. The molecule has 2 aromatic heterocycles. The first kappa shape index (κ1) is 23.1. The Morgan fingerprint density at radius 3 is 2.94 bits per heavy atom. The number of hydrogen-bond donors (Lipinski definition) is 3. The van der Waals surface area contributed by atoms with Crippen molar-refractivity contribution < 1.29 is 19.5 Å². The fourth-order valence-corrected chi connectivity index (χ4v) is 5.87. The van der Waals surface area contributed by atoms with Crippen LogP contribution in [0, 0.1) is 0 Å². The Kier molecular flexibility index (Phi) is 6.57. The normalized spacial score (nSPS) is 20.1. The van der Waals surface area contributed by atoms with E-state index >= 15 is 0 Å². The van der Waals surface area contributed by atoms with Gasteiger partial charge in [-0.05, 0) is 5.57 Å². The molecule has 4 heterocycles. The zero-order valence-corrected chi connectivity index (χ0v) is 19.7. The van der Waals surface area contributed by atoms with Gasteiger partial charge in [0.2, 0.25) is 0 Å². The number of nitrogens with zero attached hydrogens (tertiary/aromatic N) is 6. The van der Waals surface area contributed by atoms with Crippen molar-refractivity contribution in [3.05, 3.63) is 33.2 Å². The van der Waals surface area contributed by atoms with Crippen molar-refractivity contribution >= 4 is 57.5 Å². The molecule has 0 aromatic carbocycles. The highest BCUT2D eigenvalue weighted by Gasteiger charge is 2.49. The summed E-state index contributed by atoms with van der Waals surface area (Å²) in [7, 11) is 2.88. The second-order valence-corrected chi connectivity index (χ2v) is 9.75. The van der Waals surface area contributed by atoms with Crippen LogP contribution in [0.3, 0.4) is 0 Å². The second kappa shape index (κ2) is 9.40. The van der Waals surface area contributed by atoms with Crippen molar-refractivity contribution in [2.24, 2.45) is 12.2 Å². The summed E-state index contributed by atoms with van der Waals surface area (Å²) in [4.78, 5) is 51.0. The molecule has 1 fully saturated rings. The summed E-state index contributed by atoms with van der Waals surface area (Å²) >= 11 is 3.93. The Morgan fingerprint density at radius 1 is 1.45 bits per heavy atom. The molecule has 2 aliphatic rings. The molecule has 33 heavy (non-hydrogen) atoms. The van der Waals surface area contributed by atoms with Crippen molar-refractivity contribution in [3.63, 3.8) is 0 Å². The predicted molar refractivity (Wildman–Crippen MR) is 123 cm³/mol. The number of aryl methyl sites for hydroxylation is 1. The van der Waals surface area contributed by atoms with E-state index < -0.39 is 23.4 Å². The highest BCUT2D eigenvalue weighted by molar-refractivity contribution is 8.01. The lowest BCUT2D eigenvalue weighted by Gasteiger charge is -2.47. The number of aromatic hydroxyl groups is 1. The maximum absolute atomic E-state index is 12.7. The van der Waals surface area contributed by atoms with Crippen LogP contribution >= 0.6 is 34.9 Å². The van der Waals surface area contributed by atoms with Gasteiger partial charge in [-0.25, -0.2) is 9.67 Å². The average Bonchev–Trinajstić information content (AvgIpc) is 3.22. The number of oxime groups is 1. The minimum absolute atomic E-state index is 0.0641. The number of hydrogen-bond acceptors (Lipinski definition) is 13. The predicted octanol–water partition coefficient (Wildman–Crippen LogP) is -0.654. The third kappa shape index (κ3) is 4.67. The van der Waals surface area contributed by atoms with Gasteiger partial charge in [-0.2, -0.15) is 4.98 Å². The number of amides is 2. The highest BCUT2D eigenvalue weighted by Crippen LogP contribution is 2.37. The first-order chi connectivity index (χ1) is 15.8. The number of fused-ring (bicyclic) bond motifs is 1. The van der Waals surface area contributed by atoms with E-state index in [1.54, 1.807) is 23.5 Å². The zero-order chi connectivity index (χ0) is 23.7. The van der Waals surface area contributed by atoms with Crippen LogP contribution in [0.15, 0.2) is 32.3 Å². The monoisotopic (exact) mass is 510 g/mol. The lowest BCUT2D eigenvalue weighted by atomic mass is 10.1. The van der Waals surface area contributed by atoms with Crippen LogP contribution < -0.4 is 16.6 Å². The van der Waals surface area contributed by atoms with Crippen LogP contribution in [-0.2, 0) is 21.5 Å². The summed E-state index contributed by atoms with van der Waals surface area (Å²) in [5.74, 6) is -0.404. The molecule has 0 saturated carbocycles. The maximum atomic E-state index is 12.7. The highest BCUT2D eigenvalue weighted by atomic mass is 32.2. The molecule has 2 aliphatic heterocycles. The number of carbonyl (C=O) groups is 2. The lowest BCUT2D eigenvalue weighted by molar-refractivity contribution is -0.143. The van der Waals surface area contributed by atoms with Gasteiger partial charge in [0.25, 0.3) is 17.7 Å². The van der Waals surface area contributed by atoms with Gasteiger partial charge in [0, 0.05) is 30.1 Å². The SMILES string of the molecule is CON=C(C(=O)NC1C(=O)N2C=C(CSc3nc(=O)c(O)nn3C)CS[C@H]12)c1csc(N)n1. The number of aromatic nitrogens is 4. The smallest absolute Gasteiger partial charge is 0.336 e. The van der Waals surface area contributed by atoms with Crippen molar-refractivity contribution in [3.8, 4) is 5.88 Å².